The number of benzene rings is 1. The van der Waals surface area contributed by atoms with Crippen molar-refractivity contribution in [3.8, 4) is 6.07 Å². The van der Waals surface area contributed by atoms with E-state index in [1.807, 2.05) is 0 Å². The third-order valence-electron chi connectivity index (χ3n) is 2.85. The van der Waals surface area contributed by atoms with Crippen LogP contribution in [0.4, 0.5) is 5.69 Å². The Hall–Kier alpha value is -2.89. The van der Waals surface area contributed by atoms with E-state index in [1.54, 1.807) is 6.07 Å². The Balaban J connectivity index is 3.01. The number of amides is 1. The Morgan fingerprint density at radius 1 is 1.33 bits per heavy atom. The van der Waals surface area contributed by atoms with Gasteiger partial charge in [-0.2, -0.15) is 13.7 Å². The second-order valence-electron chi connectivity index (χ2n) is 4.60. The first-order chi connectivity index (χ1) is 11.3. The van der Waals surface area contributed by atoms with Crippen molar-refractivity contribution in [1.29, 1.82) is 5.26 Å². The number of carbonyl (C=O) groups excluding carboxylic acids is 1. The molecule has 7 nitrogen and oxygen atoms in total. The fraction of sp³-hybridized carbons (Fsp3) is 0.125. The van der Waals surface area contributed by atoms with E-state index in [-0.39, 0.29) is 23.6 Å². The van der Waals surface area contributed by atoms with Crippen molar-refractivity contribution in [3.05, 3.63) is 61.3 Å². The lowest BCUT2D eigenvalue weighted by molar-refractivity contribution is -0.125. The van der Waals surface area contributed by atoms with Crippen LogP contribution in [-0.2, 0) is 14.9 Å². The molecule has 0 radical (unpaired) electrons. The van der Waals surface area contributed by atoms with Crippen LogP contribution in [0.25, 0.3) is 0 Å². The molecule has 24 heavy (non-hydrogen) atoms. The molecule has 8 heteroatoms. The quantitative estimate of drug-likeness (QED) is 0.322. The van der Waals surface area contributed by atoms with Gasteiger partial charge in [0.15, 0.2) is 0 Å². The lowest BCUT2D eigenvalue weighted by Crippen LogP contribution is -2.32. The van der Waals surface area contributed by atoms with E-state index in [0.29, 0.717) is 5.69 Å². The molecule has 0 fully saturated rings. The van der Waals surface area contributed by atoms with Crippen LogP contribution in [0.1, 0.15) is 0 Å². The molecule has 126 valence electrons. The molecule has 0 aliphatic rings. The van der Waals surface area contributed by atoms with Gasteiger partial charge < -0.3 is 10.2 Å². The van der Waals surface area contributed by atoms with E-state index in [0.717, 1.165) is 0 Å². The summed E-state index contributed by atoms with van der Waals surface area (Å²) in [6.45, 7) is 7.60. The SMILES string of the molecule is C=CCN(CC=C)C(=O)/C(C#N)=C\Nc1cccc(S(=O)(=O)O)c1. The summed E-state index contributed by atoms with van der Waals surface area (Å²) < 4.78 is 31.2. The monoisotopic (exact) mass is 347 g/mol. The van der Waals surface area contributed by atoms with E-state index < -0.39 is 16.0 Å². The van der Waals surface area contributed by atoms with Crippen LogP contribution in [0.3, 0.4) is 0 Å². The number of nitriles is 1. The number of nitrogens with zero attached hydrogens (tertiary/aromatic N) is 2. The number of anilines is 1. The topological polar surface area (TPSA) is 111 Å². The molecular weight excluding hydrogens is 330 g/mol. The molecule has 1 aromatic rings. The molecule has 0 saturated heterocycles. The van der Waals surface area contributed by atoms with E-state index in [4.69, 9.17) is 9.81 Å². The van der Waals surface area contributed by atoms with E-state index >= 15 is 0 Å². The summed E-state index contributed by atoms with van der Waals surface area (Å²) in [5.41, 5.74) is 0.126. The van der Waals surface area contributed by atoms with Gasteiger partial charge in [0.05, 0.1) is 4.90 Å². The van der Waals surface area contributed by atoms with Crippen molar-refractivity contribution >= 4 is 21.7 Å². The number of nitrogens with one attached hydrogen (secondary N) is 1. The maximum atomic E-state index is 12.3. The third kappa shape index (κ3) is 5.39. The summed E-state index contributed by atoms with van der Waals surface area (Å²) in [4.78, 5) is 13.3. The normalized spacial score (nSPS) is 11.2. The second-order valence-corrected chi connectivity index (χ2v) is 6.03. The summed E-state index contributed by atoms with van der Waals surface area (Å²) in [7, 11) is -4.34. The molecule has 1 amide bonds. The molecule has 1 rings (SSSR count). The minimum atomic E-state index is -4.34. The Bertz CT molecular complexity index is 797. The predicted octanol–water partition coefficient (Wildman–Crippen LogP) is 1.95. The number of hydrogen-bond acceptors (Lipinski definition) is 5. The summed E-state index contributed by atoms with van der Waals surface area (Å²) in [5, 5.41) is 11.8. The van der Waals surface area contributed by atoms with Crippen molar-refractivity contribution in [2.24, 2.45) is 0 Å². The molecular formula is C16H17N3O4S. The lowest BCUT2D eigenvalue weighted by atomic mass is 10.2. The van der Waals surface area contributed by atoms with Gasteiger partial charge >= 0.3 is 0 Å². The third-order valence-corrected chi connectivity index (χ3v) is 3.70. The molecule has 1 aromatic carbocycles. The van der Waals surface area contributed by atoms with Crippen molar-refractivity contribution in [2.45, 2.75) is 4.90 Å². The zero-order valence-electron chi connectivity index (χ0n) is 12.8. The highest BCUT2D eigenvalue weighted by molar-refractivity contribution is 7.85. The molecule has 0 atom stereocenters. The Kier molecular flexibility index (Phi) is 6.92. The summed E-state index contributed by atoms with van der Waals surface area (Å²) in [6.07, 6.45) is 4.23. The maximum Gasteiger partial charge on any atom is 0.294 e. The predicted molar refractivity (Wildman–Crippen MR) is 90.5 cm³/mol. The van der Waals surface area contributed by atoms with Crippen LogP contribution in [0, 0.1) is 11.3 Å². The molecule has 0 aliphatic heterocycles. The lowest BCUT2D eigenvalue weighted by Gasteiger charge is -2.18. The van der Waals surface area contributed by atoms with Gasteiger partial charge in [-0.1, -0.05) is 18.2 Å². The Morgan fingerprint density at radius 3 is 2.46 bits per heavy atom. The average molecular weight is 347 g/mol. The molecule has 0 heterocycles. The van der Waals surface area contributed by atoms with Crippen molar-refractivity contribution in [2.75, 3.05) is 18.4 Å². The highest BCUT2D eigenvalue weighted by atomic mass is 32.2. The maximum absolute atomic E-state index is 12.3. The zero-order chi connectivity index (χ0) is 18.2. The average Bonchev–Trinajstić information content (AvgIpc) is 2.54. The van der Waals surface area contributed by atoms with Gasteiger partial charge in [-0.15, -0.1) is 13.2 Å². The highest BCUT2D eigenvalue weighted by Gasteiger charge is 2.16. The smallest absolute Gasteiger partial charge is 0.294 e. The standard InChI is InChI=1S/C16H17N3O4S/c1-3-8-19(9-4-2)16(20)13(11-17)12-18-14-6-5-7-15(10-14)24(21,22)23/h3-7,10,12,18H,1-2,8-9H2,(H,21,22,23)/b13-12-. The summed E-state index contributed by atoms with van der Waals surface area (Å²) in [5.74, 6) is -0.518. The van der Waals surface area contributed by atoms with E-state index in [2.05, 4.69) is 18.5 Å². The minimum absolute atomic E-state index is 0.170. The van der Waals surface area contributed by atoms with Crippen LogP contribution < -0.4 is 5.32 Å². The van der Waals surface area contributed by atoms with Crippen LogP contribution in [0.15, 0.2) is 66.2 Å². The largest absolute Gasteiger partial charge is 0.360 e. The van der Waals surface area contributed by atoms with Gasteiger partial charge in [0.2, 0.25) is 0 Å². The van der Waals surface area contributed by atoms with Crippen LogP contribution in [0.2, 0.25) is 0 Å². The number of rotatable bonds is 8. The Labute approximate surface area is 141 Å². The summed E-state index contributed by atoms with van der Waals surface area (Å²) >= 11 is 0. The Morgan fingerprint density at radius 2 is 1.96 bits per heavy atom. The molecule has 2 N–H and O–H groups in total. The van der Waals surface area contributed by atoms with Gasteiger partial charge in [0.25, 0.3) is 16.0 Å². The number of carbonyl (C=O) groups is 1. The molecule has 0 aromatic heterocycles. The fourth-order valence-corrected chi connectivity index (χ4v) is 2.29. The minimum Gasteiger partial charge on any atom is -0.360 e. The molecule has 0 bridgehead atoms. The van der Waals surface area contributed by atoms with Gasteiger partial charge in [-0.25, -0.2) is 0 Å². The van der Waals surface area contributed by atoms with Crippen LogP contribution >= 0.6 is 0 Å². The first-order valence-electron chi connectivity index (χ1n) is 6.79. The fourth-order valence-electron chi connectivity index (χ4n) is 1.77. The van der Waals surface area contributed by atoms with E-state index in [1.165, 1.54) is 47.5 Å². The van der Waals surface area contributed by atoms with Crippen molar-refractivity contribution in [1.82, 2.24) is 4.90 Å². The number of hydrogen-bond donors (Lipinski definition) is 2. The summed E-state index contributed by atoms with van der Waals surface area (Å²) in [6, 6.07) is 7.12. The van der Waals surface area contributed by atoms with Gasteiger partial charge in [0.1, 0.15) is 11.6 Å². The van der Waals surface area contributed by atoms with Gasteiger partial charge in [0, 0.05) is 25.0 Å². The zero-order valence-corrected chi connectivity index (χ0v) is 13.7. The first kappa shape index (κ1) is 19.2. The van der Waals surface area contributed by atoms with Crippen LogP contribution in [0.5, 0.6) is 0 Å². The van der Waals surface area contributed by atoms with Crippen LogP contribution in [-0.4, -0.2) is 36.9 Å². The van der Waals surface area contributed by atoms with Crippen molar-refractivity contribution in [3.63, 3.8) is 0 Å². The first-order valence-corrected chi connectivity index (χ1v) is 8.23. The molecule has 0 spiro atoms. The van der Waals surface area contributed by atoms with E-state index in [9.17, 15) is 13.2 Å². The molecule has 0 aliphatic carbocycles. The van der Waals surface area contributed by atoms with Gasteiger partial charge in [-0.05, 0) is 18.2 Å². The highest BCUT2D eigenvalue weighted by Crippen LogP contribution is 2.15. The van der Waals surface area contributed by atoms with Gasteiger partial charge in [-0.3, -0.25) is 9.35 Å². The molecule has 0 unspecified atom stereocenters. The molecule has 0 saturated carbocycles. The van der Waals surface area contributed by atoms with Crippen molar-refractivity contribution < 1.29 is 17.8 Å². The second kappa shape index (κ2) is 8.67.